The number of benzene rings is 1. The highest BCUT2D eigenvalue weighted by Crippen LogP contribution is 2.32. The van der Waals surface area contributed by atoms with E-state index in [4.69, 9.17) is 43.4 Å². The molecule has 1 fully saturated rings. The Bertz CT molecular complexity index is 653. The molecule has 1 saturated heterocycles. The van der Waals surface area contributed by atoms with Crippen LogP contribution in [-0.4, -0.2) is 33.7 Å². The SMILES string of the molecule is O=C(OC1CCOCC1)c1cc(Cl)cc(S(=O)(=O)Cl)c1Cl. The lowest BCUT2D eigenvalue weighted by Crippen LogP contribution is -2.26. The van der Waals surface area contributed by atoms with Crippen molar-refractivity contribution in [3.63, 3.8) is 0 Å². The number of esters is 1. The Morgan fingerprint density at radius 3 is 2.43 bits per heavy atom. The Hall–Kier alpha value is -0.530. The lowest BCUT2D eigenvalue weighted by atomic mass is 10.1. The van der Waals surface area contributed by atoms with E-state index in [1.807, 2.05) is 0 Å². The fourth-order valence-electron chi connectivity index (χ4n) is 1.90. The molecular weight excluding hydrogens is 363 g/mol. The number of hydrogen-bond donors (Lipinski definition) is 0. The summed E-state index contributed by atoms with van der Waals surface area (Å²) in [5.41, 5.74) is -0.130. The average Bonchev–Trinajstić information content (AvgIpc) is 2.40. The van der Waals surface area contributed by atoms with Gasteiger partial charge in [-0.3, -0.25) is 0 Å². The zero-order valence-corrected chi connectivity index (χ0v) is 13.7. The summed E-state index contributed by atoms with van der Waals surface area (Å²) < 4.78 is 33.3. The van der Waals surface area contributed by atoms with E-state index in [1.165, 1.54) is 6.07 Å². The molecule has 1 aliphatic rings. The third-order valence-electron chi connectivity index (χ3n) is 2.93. The van der Waals surface area contributed by atoms with Gasteiger partial charge in [-0.1, -0.05) is 23.2 Å². The molecule has 0 radical (unpaired) electrons. The third-order valence-corrected chi connectivity index (χ3v) is 5.01. The lowest BCUT2D eigenvalue weighted by molar-refractivity contribution is -0.0159. The van der Waals surface area contributed by atoms with Crippen molar-refractivity contribution in [2.45, 2.75) is 23.8 Å². The van der Waals surface area contributed by atoms with E-state index in [0.29, 0.717) is 26.1 Å². The van der Waals surface area contributed by atoms with Crippen molar-refractivity contribution >= 4 is 48.9 Å². The maximum atomic E-state index is 12.1. The van der Waals surface area contributed by atoms with Gasteiger partial charge in [0.2, 0.25) is 0 Å². The van der Waals surface area contributed by atoms with Gasteiger partial charge in [0, 0.05) is 28.5 Å². The van der Waals surface area contributed by atoms with Crippen LogP contribution in [0.15, 0.2) is 17.0 Å². The first-order valence-electron chi connectivity index (χ1n) is 6.01. The third kappa shape index (κ3) is 4.23. The molecule has 2 rings (SSSR count). The van der Waals surface area contributed by atoms with Crippen molar-refractivity contribution in [1.82, 2.24) is 0 Å². The number of carbonyl (C=O) groups excluding carboxylic acids is 1. The summed E-state index contributed by atoms with van der Waals surface area (Å²) in [7, 11) is 1.15. The van der Waals surface area contributed by atoms with Gasteiger partial charge < -0.3 is 9.47 Å². The quantitative estimate of drug-likeness (QED) is 0.601. The van der Waals surface area contributed by atoms with Crippen molar-refractivity contribution < 1.29 is 22.7 Å². The Labute approximate surface area is 136 Å². The smallest absolute Gasteiger partial charge is 0.340 e. The van der Waals surface area contributed by atoms with Crippen molar-refractivity contribution in [3.05, 3.63) is 27.7 Å². The van der Waals surface area contributed by atoms with Gasteiger partial charge in [0.05, 0.1) is 23.8 Å². The first-order chi connectivity index (χ1) is 9.79. The summed E-state index contributed by atoms with van der Waals surface area (Å²) in [4.78, 5) is 11.7. The van der Waals surface area contributed by atoms with Gasteiger partial charge >= 0.3 is 5.97 Å². The standard InChI is InChI=1S/C12H11Cl3O5S/c13-7-5-9(11(14)10(6-7)21(15,17)18)12(16)20-8-1-3-19-4-2-8/h5-6,8H,1-4H2. The summed E-state index contributed by atoms with van der Waals surface area (Å²) in [6.07, 6.45) is 0.854. The molecule has 21 heavy (non-hydrogen) atoms. The normalized spacial score (nSPS) is 16.7. The predicted octanol–water partition coefficient (Wildman–Crippen LogP) is 3.26. The summed E-state index contributed by atoms with van der Waals surface area (Å²) in [5, 5.41) is -0.274. The topological polar surface area (TPSA) is 69.7 Å². The maximum absolute atomic E-state index is 12.1. The summed E-state index contributed by atoms with van der Waals surface area (Å²) in [6, 6.07) is 2.33. The molecule has 5 nitrogen and oxygen atoms in total. The van der Waals surface area contributed by atoms with Gasteiger partial charge in [0.25, 0.3) is 9.05 Å². The van der Waals surface area contributed by atoms with Crippen LogP contribution in [0.3, 0.4) is 0 Å². The molecule has 1 heterocycles. The molecule has 1 aliphatic heterocycles. The Morgan fingerprint density at radius 2 is 1.86 bits per heavy atom. The average molecular weight is 374 g/mol. The second-order valence-corrected chi connectivity index (χ2v) is 7.77. The van der Waals surface area contributed by atoms with Crippen LogP contribution in [0.1, 0.15) is 23.2 Å². The molecule has 0 unspecified atom stereocenters. The second kappa shape index (κ2) is 6.71. The second-order valence-electron chi connectivity index (χ2n) is 4.42. The molecule has 0 amide bonds. The van der Waals surface area contributed by atoms with E-state index in [2.05, 4.69) is 0 Å². The van der Waals surface area contributed by atoms with E-state index in [-0.39, 0.29) is 21.7 Å². The van der Waals surface area contributed by atoms with Crippen molar-refractivity contribution in [2.24, 2.45) is 0 Å². The van der Waals surface area contributed by atoms with E-state index >= 15 is 0 Å². The van der Waals surface area contributed by atoms with Gasteiger partial charge in [0.15, 0.2) is 0 Å². The Balaban J connectivity index is 2.30. The highest BCUT2D eigenvalue weighted by atomic mass is 35.7. The highest BCUT2D eigenvalue weighted by Gasteiger charge is 2.25. The van der Waals surface area contributed by atoms with Crippen LogP contribution in [0, 0.1) is 0 Å². The summed E-state index contributed by atoms with van der Waals surface area (Å²) in [6.45, 7) is 1.01. The molecular formula is C12H11Cl3O5S. The highest BCUT2D eigenvalue weighted by molar-refractivity contribution is 8.13. The zero-order valence-electron chi connectivity index (χ0n) is 10.6. The number of ether oxygens (including phenoxy) is 2. The van der Waals surface area contributed by atoms with Crippen molar-refractivity contribution in [3.8, 4) is 0 Å². The number of halogens is 3. The number of carbonyl (C=O) groups is 1. The molecule has 0 bridgehead atoms. The van der Waals surface area contributed by atoms with Gasteiger partial charge in [-0.2, -0.15) is 0 Å². The van der Waals surface area contributed by atoms with Crippen LogP contribution in [0.2, 0.25) is 10.0 Å². The minimum atomic E-state index is -4.12. The first-order valence-corrected chi connectivity index (χ1v) is 9.08. The van der Waals surface area contributed by atoms with Crippen molar-refractivity contribution in [1.29, 1.82) is 0 Å². The van der Waals surface area contributed by atoms with E-state index in [9.17, 15) is 13.2 Å². The van der Waals surface area contributed by atoms with Gasteiger partial charge in [-0.25, -0.2) is 13.2 Å². The fourth-order valence-corrected chi connectivity index (χ4v) is 3.75. The Kier molecular flexibility index (Phi) is 5.38. The van der Waals surface area contributed by atoms with E-state index in [0.717, 1.165) is 6.07 Å². The van der Waals surface area contributed by atoms with Crippen LogP contribution in [0.25, 0.3) is 0 Å². The van der Waals surface area contributed by atoms with Crippen LogP contribution < -0.4 is 0 Å². The van der Waals surface area contributed by atoms with Crippen LogP contribution >= 0.6 is 33.9 Å². The number of rotatable bonds is 3. The molecule has 0 aromatic heterocycles. The molecule has 116 valence electrons. The summed E-state index contributed by atoms with van der Waals surface area (Å²) in [5.74, 6) is -0.740. The fraction of sp³-hybridized carbons (Fsp3) is 0.417. The molecule has 1 aromatic carbocycles. The first kappa shape index (κ1) is 16.8. The van der Waals surface area contributed by atoms with Gasteiger partial charge in [0.1, 0.15) is 11.0 Å². The van der Waals surface area contributed by atoms with Crippen LogP contribution in [-0.2, 0) is 18.5 Å². The Morgan fingerprint density at radius 1 is 1.24 bits per heavy atom. The lowest BCUT2D eigenvalue weighted by Gasteiger charge is -2.22. The van der Waals surface area contributed by atoms with Crippen LogP contribution in [0.5, 0.6) is 0 Å². The zero-order chi connectivity index (χ0) is 15.6. The monoisotopic (exact) mass is 372 g/mol. The minimum absolute atomic E-state index is 0.0255. The molecule has 1 aromatic rings. The van der Waals surface area contributed by atoms with E-state index in [1.54, 1.807) is 0 Å². The largest absolute Gasteiger partial charge is 0.459 e. The maximum Gasteiger partial charge on any atom is 0.340 e. The molecule has 0 atom stereocenters. The predicted molar refractivity (Wildman–Crippen MR) is 78.8 cm³/mol. The van der Waals surface area contributed by atoms with Crippen molar-refractivity contribution in [2.75, 3.05) is 13.2 Å². The molecule has 0 N–H and O–H groups in total. The van der Waals surface area contributed by atoms with E-state index < -0.39 is 19.9 Å². The van der Waals surface area contributed by atoms with Gasteiger partial charge in [-0.05, 0) is 12.1 Å². The van der Waals surface area contributed by atoms with Gasteiger partial charge in [-0.15, -0.1) is 0 Å². The number of hydrogen-bond acceptors (Lipinski definition) is 5. The summed E-state index contributed by atoms with van der Waals surface area (Å²) >= 11 is 11.7. The molecule has 0 spiro atoms. The minimum Gasteiger partial charge on any atom is -0.459 e. The molecule has 9 heteroatoms. The molecule has 0 saturated carbocycles. The van der Waals surface area contributed by atoms with Crippen LogP contribution in [0.4, 0.5) is 0 Å². The molecule has 0 aliphatic carbocycles.